The lowest BCUT2D eigenvalue weighted by Gasteiger charge is -1.97. The zero-order valence-corrected chi connectivity index (χ0v) is 3.40. The molecule has 0 amide bonds. The highest BCUT2D eigenvalue weighted by Crippen LogP contribution is 1.93. The van der Waals surface area contributed by atoms with Crippen molar-refractivity contribution >= 4 is 0 Å². The van der Waals surface area contributed by atoms with Crippen molar-refractivity contribution in [1.29, 1.82) is 0 Å². The minimum absolute atomic E-state index is 0.218. The van der Waals surface area contributed by atoms with E-state index in [-0.39, 0.29) is 5.76 Å². The summed E-state index contributed by atoms with van der Waals surface area (Å²) in [5.74, 6) is 0.218. The molecule has 2 nitrogen and oxygen atoms in total. The van der Waals surface area contributed by atoms with Crippen LogP contribution in [0.1, 0.15) is 6.42 Å². The average molecular weight is 84.1 g/mol. The lowest BCUT2D eigenvalue weighted by molar-refractivity contribution is -0.304. The third kappa shape index (κ3) is 0.455. The van der Waals surface area contributed by atoms with Gasteiger partial charge in [0.15, 0.2) is 0 Å². The Morgan fingerprint density at radius 3 is 2.83 bits per heavy atom. The zero-order chi connectivity index (χ0) is 4.41. The molecule has 0 radical (unpaired) electrons. The largest absolute Gasteiger partial charge is 0.874 e. The highest BCUT2D eigenvalue weighted by Gasteiger charge is 1.87. The fourth-order valence-electron chi connectivity index (χ4n) is 0.454. The van der Waals surface area contributed by atoms with Crippen LogP contribution in [0, 0.1) is 0 Å². The molecule has 1 aliphatic rings. The SMILES string of the molecule is [O-]C1=CNCC1. The Kier molecular flexibility index (Phi) is 0.708. The number of nitrogens with one attached hydrogen (secondary N) is 1. The molecule has 0 saturated heterocycles. The Hall–Kier alpha value is -0.660. The zero-order valence-electron chi connectivity index (χ0n) is 3.40. The van der Waals surface area contributed by atoms with Gasteiger partial charge in [0.25, 0.3) is 0 Å². The van der Waals surface area contributed by atoms with Gasteiger partial charge >= 0.3 is 0 Å². The standard InChI is InChI=1S/C4H7NO/c6-4-1-2-5-3-4/h3,5-6H,1-2H2/p-1. The summed E-state index contributed by atoms with van der Waals surface area (Å²) in [5, 5.41) is 12.9. The van der Waals surface area contributed by atoms with Crippen LogP contribution < -0.4 is 10.4 Å². The highest BCUT2D eigenvalue weighted by atomic mass is 16.3. The van der Waals surface area contributed by atoms with Crippen LogP contribution >= 0.6 is 0 Å². The average Bonchev–Trinajstić information content (AvgIpc) is 1.86. The van der Waals surface area contributed by atoms with Gasteiger partial charge in [-0.15, -0.1) is 5.76 Å². The molecule has 6 heavy (non-hydrogen) atoms. The van der Waals surface area contributed by atoms with Gasteiger partial charge in [0.2, 0.25) is 0 Å². The molecular formula is C4H6NO-. The second-order valence-corrected chi connectivity index (χ2v) is 1.31. The summed E-state index contributed by atoms with van der Waals surface area (Å²) in [5.41, 5.74) is 0. The van der Waals surface area contributed by atoms with Gasteiger partial charge in [-0.25, -0.2) is 0 Å². The molecule has 0 spiro atoms. The van der Waals surface area contributed by atoms with Crippen molar-refractivity contribution in [3.8, 4) is 0 Å². The van der Waals surface area contributed by atoms with Crippen molar-refractivity contribution in [2.75, 3.05) is 6.54 Å². The van der Waals surface area contributed by atoms with Gasteiger partial charge in [-0.1, -0.05) is 0 Å². The van der Waals surface area contributed by atoms with Crippen molar-refractivity contribution < 1.29 is 5.11 Å². The lowest BCUT2D eigenvalue weighted by Crippen LogP contribution is -1.99. The van der Waals surface area contributed by atoms with E-state index in [1.165, 1.54) is 6.20 Å². The summed E-state index contributed by atoms with van der Waals surface area (Å²) < 4.78 is 0. The molecule has 0 bridgehead atoms. The van der Waals surface area contributed by atoms with Crippen LogP contribution in [-0.4, -0.2) is 6.54 Å². The van der Waals surface area contributed by atoms with E-state index in [9.17, 15) is 5.11 Å². The summed E-state index contributed by atoms with van der Waals surface area (Å²) in [6, 6.07) is 0. The smallest absolute Gasteiger partial charge is 0.0170 e. The molecule has 0 unspecified atom stereocenters. The predicted octanol–water partition coefficient (Wildman–Crippen LogP) is -0.819. The fourth-order valence-corrected chi connectivity index (χ4v) is 0.454. The van der Waals surface area contributed by atoms with E-state index >= 15 is 0 Å². The first-order valence-corrected chi connectivity index (χ1v) is 1.99. The van der Waals surface area contributed by atoms with Gasteiger partial charge in [0.1, 0.15) is 0 Å². The highest BCUT2D eigenvalue weighted by molar-refractivity contribution is 4.94. The van der Waals surface area contributed by atoms with Crippen LogP contribution in [0.3, 0.4) is 0 Å². The molecule has 2 heteroatoms. The van der Waals surface area contributed by atoms with Crippen LogP contribution in [0.15, 0.2) is 12.0 Å². The minimum atomic E-state index is 0.218. The van der Waals surface area contributed by atoms with Crippen LogP contribution in [0.25, 0.3) is 0 Å². The van der Waals surface area contributed by atoms with E-state index in [0.29, 0.717) is 6.42 Å². The van der Waals surface area contributed by atoms with Crippen LogP contribution in [-0.2, 0) is 0 Å². The maximum absolute atomic E-state index is 10.1. The molecule has 1 rings (SSSR count). The van der Waals surface area contributed by atoms with Crippen LogP contribution in [0.4, 0.5) is 0 Å². The number of hydrogen-bond acceptors (Lipinski definition) is 2. The topological polar surface area (TPSA) is 35.1 Å². The Morgan fingerprint density at radius 2 is 2.67 bits per heavy atom. The summed E-state index contributed by atoms with van der Waals surface area (Å²) in [6.07, 6.45) is 2.19. The molecular weight excluding hydrogens is 78.0 g/mol. The van der Waals surface area contributed by atoms with E-state index in [2.05, 4.69) is 5.32 Å². The molecule has 0 aromatic carbocycles. The first-order chi connectivity index (χ1) is 2.89. The molecule has 1 N–H and O–H groups in total. The fraction of sp³-hybridized carbons (Fsp3) is 0.500. The van der Waals surface area contributed by atoms with Crippen molar-refractivity contribution in [3.05, 3.63) is 12.0 Å². The third-order valence-electron chi connectivity index (χ3n) is 0.779. The van der Waals surface area contributed by atoms with Gasteiger partial charge < -0.3 is 10.4 Å². The Morgan fingerprint density at radius 1 is 1.83 bits per heavy atom. The Labute approximate surface area is 36.5 Å². The molecule has 0 aromatic rings. The van der Waals surface area contributed by atoms with Crippen LogP contribution in [0.5, 0.6) is 0 Å². The Bertz CT molecular complexity index is 77.6. The first kappa shape index (κ1) is 3.53. The van der Waals surface area contributed by atoms with E-state index in [1.54, 1.807) is 0 Å². The molecule has 0 atom stereocenters. The number of hydrogen-bond donors (Lipinski definition) is 1. The summed E-state index contributed by atoms with van der Waals surface area (Å²) in [4.78, 5) is 0. The maximum Gasteiger partial charge on any atom is 0.0170 e. The van der Waals surface area contributed by atoms with E-state index in [0.717, 1.165) is 6.54 Å². The van der Waals surface area contributed by atoms with Gasteiger partial charge in [0, 0.05) is 6.54 Å². The molecule has 0 aromatic heterocycles. The monoisotopic (exact) mass is 84.0 g/mol. The van der Waals surface area contributed by atoms with Crippen LogP contribution in [0.2, 0.25) is 0 Å². The first-order valence-electron chi connectivity index (χ1n) is 1.99. The van der Waals surface area contributed by atoms with E-state index in [4.69, 9.17) is 0 Å². The molecule has 1 heterocycles. The third-order valence-corrected chi connectivity index (χ3v) is 0.779. The normalized spacial score (nSPS) is 19.7. The molecule has 0 aliphatic carbocycles. The molecule has 1 aliphatic heterocycles. The van der Waals surface area contributed by atoms with Crippen molar-refractivity contribution in [1.82, 2.24) is 5.32 Å². The van der Waals surface area contributed by atoms with Crippen molar-refractivity contribution in [2.24, 2.45) is 0 Å². The maximum atomic E-state index is 10.1. The number of rotatable bonds is 0. The summed E-state index contributed by atoms with van der Waals surface area (Å²) >= 11 is 0. The van der Waals surface area contributed by atoms with Crippen molar-refractivity contribution in [3.63, 3.8) is 0 Å². The summed E-state index contributed by atoms with van der Waals surface area (Å²) in [7, 11) is 0. The molecule has 0 saturated carbocycles. The van der Waals surface area contributed by atoms with Crippen molar-refractivity contribution in [2.45, 2.75) is 6.42 Å². The van der Waals surface area contributed by atoms with E-state index < -0.39 is 0 Å². The second-order valence-electron chi connectivity index (χ2n) is 1.31. The van der Waals surface area contributed by atoms with Gasteiger partial charge in [-0.3, -0.25) is 0 Å². The Balaban J connectivity index is 2.45. The van der Waals surface area contributed by atoms with E-state index in [1.807, 2.05) is 0 Å². The minimum Gasteiger partial charge on any atom is -0.874 e. The lowest BCUT2D eigenvalue weighted by atomic mass is 10.4. The molecule has 0 fully saturated rings. The summed E-state index contributed by atoms with van der Waals surface area (Å²) in [6.45, 7) is 0.832. The quantitative estimate of drug-likeness (QED) is 0.416. The van der Waals surface area contributed by atoms with Gasteiger partial charge in [-0.05, 0) is 12.6 Å². The van der Waals surface area contributed by atoms with Gasteiger partial charge in [0.05, 0.1) is 0 Å². The second kappa shape index (κ2) is 1.20. The predicted molar refractivity (Wildman–Crippen MR) is 20.7 cm³/mol. The van der Waals surface area contributed by atoms with Gasteiger partial charge in [-0.2, -0.15) is 0 Å². The molecule has 34 valence electrons.